The fraction of sp³-hybridized carbons (Fsp3) is 0.294. The van der Waals surface area contributed by atoms with E-state index in [1.54, 1.807) is 12.1 Å². The van der Waals surface area contributed by atoms with E-state index in [9.17, 15) is 10.1 Å². The lowest BCUT2D eigenvalue weighted by Crippen LogP contribution is -2.05. The summed E-state index contributed by atoms with van der Waals surface area (Å²) in [4.78, 5) is 11.0. The number of nitro benzene ring substituents is 1. The van der Waals surface area contributed by atoms with Crippen molar-refractivity contribution in [2.24, 2.45) is 0 Å². The predicted molar refractivity (Wildman–Crippen MR) is 90.2 cm³/mol. The van der Waals surface area contributed by atoms with Crippen molar-refractivity contribution in [2.75, 3.05) is 23.8 Å². The quantitative estimate of drug-likeness (QED) is 0.630. The number of hydrogen-bond acceptors (Lipinski definition) is 5. The second-order valence-electron chi connectivity index (χ2n) is 5.35. The summed E-state index contributed by atoms with van der Waals surface area (Å²) in [5, 5.41) is 17.8. The lowest BCUT2D eigenvalue weighted by molar-refractivity contribution is -0.384. The Morgan fingerprint density at radius 2 is 2.22 bits per heavy atom. The summed E-state index contributed by atoms with van der Waals surface area (Å²) in [5.74, 6) is 0.807. The molecule has 0 radical (unpaired) electrons. The number of nitrogens with one attached hydrogen (secondary N) is 2. The van der Waals surface area contributed by atoms with Gasteiger partial charge in [0, 0.05) is 30.4 Å². The largest absolute Gasteiger partial charge is 0.494 e. The molecule has 2 aromatic carbocycles. The van der Waals surface area contributed by atoms with Crippen LogP contribution in [-0.2, 0) is 13.0 Å². The molecule has 1 aliphatic heterocycles. The first-order valence-corrected chi connectivity index (χ1v) is 7.68. The van der Waals surface area contributed by atoms with E-state index in [-0.39, 0.29) is 10.6 Å². The molecule has 0 amide bonds. The number of ether oxygens (including phenoxy) is 1. The van der Waals surface area contributed by atoms with Crippen molar-refractivity contribution in [2.45, 2.75) is 19.9 Å². The Kier molecular flexibility index (Phi) is 4.32. The fourth-order valence-electron chi connectivity index (χ4n) is 2.83. The van der Waals surface area contributed by atoms with Gasteiger partial charge in [-0.05, 0) is 37.1 Å². The SMILES string of the molecule is CCOc1cccc(CNc2c([N+](=O)[O-])ccc3c2CCN3)c1. The first-order valence-electron chi connectivity index (χ1n) is 7.68. The first-order chi connectivity index (χ1) is 11.2. The minimum Gasteiger partial charge on any atom is -0.494 e. The van der Waals surface area contributed by atoms with Crippen LogP contribution < -0.4 is 15.4 Å². The molecule has 2 N–H and O–H groups in total. The molecule has 0 saturated carbocycles. The number of benzene rings is 2. The second-order valence-corrected chi connectivity index (χ2v) is 5.35. The average Bonchev–Trinajstić information content (AvgIpc) is 3.02. The number of hydrogen-bond donors (Lipinski definition) is 2. The maximum atomic E-state index is 11.3. The van der Waals surface area contributed by atoms with Gasteiger partial charge in [0.2, 0.25) is 0 Å². The van der Waals surface area contributed by atoms with E-state index in [1.165, 1.54) is 0 Å². The number of anilines is 2. The summed E-state index contributed by atoms with van der Waals surface area (Å²) in [6.07, 6.45) is 0.790. The third-order valence-electron chi connectivity index (χ3n) is 3.86. The normalized spacial score (nSPS) is 12.4. The van der Waals surface area contributed by atoms with Crippen molar-refractivity contribution < 1.29 is 9.66 Å². The van der Waals surface area contributed by atoms with Crippen molar-refractivity contribution in [3.63, 3.8) is 0 Å². The monoisotopic (exact) mass is 313 g/mol. The van der Waals surface area contributed by atoms with Crippen molar-refractivity contribution in [3.05, 3.63) is 57.6 Å². The highest BCUT2D eigenvalue weighted by Gasteiger charge is 2.23. The minimum absolute atomic E-state index is 0.119. The van der Waals surface area contributed by atoms with Gasteiger partial charge in [0.15, 0.2) is 0 Å². The van der Waals surface area contributed by atoms with Gasteiger partial charge in [0.25, 0.3) is 5.69 Å². The molecule has 3 rings (SSSR count). The highest BCUT2D eigenvalue weighted by atomic mass is 16.6. The third kappa shape index (κ3) is 3.21. The highest BCUT2D eigenvalue weighted by molar-refractivity contribution is 5.77. The summed E-state index contributed by atoms with van der Waals surface area (Å²) in [6, 6.07) is 11.1. The van der Waals surface area contributed by atoms with Gasteiger partial charge >= 0.3 is 0 Å². The van der Waals surface area contributed by atoms with Gasteiger partial charge in [-0.25, -0.2) is 0 Å². The summed E-state index contributed by atoms with van der Waals surface area (Å²) >= 11 is 0. The molecule has 0 unspecified atom stereocenters. The molecule has 0 spiro atoms. The molecule has 0 saturated heterocycles. The van der Waals surface area contributed by atoms with Crippen molar-refractivity contribution >= 4 is 17.1 Å². The Hall–Kier alpha value is -2.76. The van der Waals surface area contributed by atoms with Crippen LogP contribution in [0, 0.1) is 10.1 Å². The zero-order valence-electron chi connectivity index (χ0n) is 13.0. The predicted octanol–water partition coefficient (Wildman–Crippen LogP) is 3.57. The van der Waals surface area contributed by atoms with Crippen LogP contribution in [0.5, 0.6) is 5.75 Å². The summed E-state index contributed by atoms with van der Waals surface area (Å²) in [5.41, 5.74) is 3.71. The zero-order valence-corrected chi connectivity index (χ0v) is 13.0. The second kappa shape index (κ2) is 6.56. The molecule has 0 fully saturated rings. The molecule has 120 valence electrons. The van der Waals surface area contributed by atoms with E-state index in [4.69, 9.17) is 4.74 Å². The van der Waals surface area contributed by atoms with Crippen LogP contribution in [0.3, 0.4) is 0 Å². The maximum absolute atomic E-state index is 11.3. The molecule has 6 nitrogen and oxygen atoms in total. The molecule has 0 aliphatic carbocycles. The maximum Gasteiger partial charge on any atom is 0.292 e. The topological polar surface area (TPSA) is 76.4 Å². The van der Waals surface area contributed by atoms with Gasteiger partial charge in [-0.15, -0.1) is 0 Å². The van der Waals surface area contributed by atoms with Crippen LogP contribution in [0.4, 0.5) is 17.1 Å². The minimum atomic E-state index is -0.336. The van der Waals surface area contributed by atoms with Gasteiger partial charge in [-0.3, -0.25) is 10.1 Å². The molecule has 0 bridgehead atoms. The smallest absolute Gasteiger partial charge is 0.292 e. The van der Waals surface area contributed by atoms with E-state index in [1.807, 2.05) is 31.2 Å². The molecular weight excluding hydrogens is 294 g/mol. The van der Waals surface area contributed by atoms with Crippen LogP contribution in [0.25, 0.3) is 0 Å². The van der Waals surface area contributed by atoms with Gasteiger partial charge in [0.05, 0.1) is 11.5 Å². The van der Waals surface area contributed by atoms with E-state index in [0.29, 0.717) is 18.8 Å². The molecule has 23 heavy (non-hydrogen) atoms. The van der Waals surface area contributed by atoms with Crippen molar-refractivity contribution in [1.82, 2.24) is 0 Å². The molecule has 1 aliphatic rings. The van der Waals surface area contributed by atoms with E-state index < -0.39 is 0 Å². The van der Waals surface area contributed by atoms with E-state index in [2.05, 4.69) is 10.6 Å². The lowest BCUT2D eigenvalue weighted by Gasteiger charge is -2.12. The number of fused-ring (bicyclic) bond motifs is 1. The molecule has 0 atom stereocenters. The van der Waals surface area contributed by atoms with Crippen molar-refractivity contribution in [1.29, 1.82) is 0 Å². The zero-order chi connectivity index (χ0) is 16.2. The molecule has 6 heteroatoms. The fourth-order valence-corrected chi connectivity index (χ4v) is 2.83. The van der Waals surface area contributed by atoms with Gasteiger partial charge in [-0.2, -0.15) is 0 Å². The highest BCUT2D eigenvalue weighted by Crippen LogP contribution is 2.37. The molecular formula is C17H19N3O3. The number of nitro groups is 1. The summed E-state index contributed by atoms with van der Waals surface area (Å²) in [7, 11) is 0. The first kappa shape index (κ1) is 15.1. The van der Waals surface area contributed by atoms with Crippen molar-refractivity contribution in [3.8, 4) is 5.75 Å². The number of rotatable bonds is 6. The van der Waals surface area contributed by atoms with Crippen LogP contribution in [-0.4, -0.2) is 18.1 Å². The average molecular weight is 313 g/mol. The van der Waals surface area contributed by atoms with Crippen LogP contribution >= 0.6 is 0 Å². The Labute approximate surface area is 134 Å². The van der Waals surface area contributed by atoms with E-state index >= 15 is 0 Å². The summed E-state index contributed by atoms with van der Waals surface area (Å²) in [6.45, 7) is 3.87. The Morgan fingerprint density at radius 1 is 1.35 bits per heavy atom. The van der Waals surface area contributed by atoms with Crippen LogP contribution in [0.15, 0.2) is 36.4 Å². The van der Waals surface area contributed by atoms with Crippen LogP contribution in [0.2, 0.25) is 0 Å². The van der Waals surface area contributed by atoms with E-state index in [0.717, 1.165) is 35.5 Å². The van der Waals surface area contributed by atoms with Gasteiger partial charge < -0.3 is 15.4 Å². The van der Waals surface area contributed by atoms with Gasteiger partial charge in [0.1, 0.15) is 11.4 Å². The number of nitrogens with zero attached hydrogens (tertiary/aromatic N) is 1. The van der Waals surface area contributed by atoms with Crippen LogP contribution in [0.1, 0.15) is 18.1 Å². The molecule has 1 heterocycles. The lowest BCUT2D eigenvalue weighted by atomic mass is 10.1. The summed E-state index contributed by atoms with van der Waals surface area (Å²) < 4.78 is 5.49. The standard InChI is InChI=1S/C17H19N3O3/c1-2-23-13-5-3-4-12(10-13)11-19-17-14-8-9-18-15(14)6-7-16(17)20(21)22/h3-7,10,18-19H,2,8-9,11H2,1H3. The Morgan fingerprint density at radius 3 is 3.00 bits per heavy atom. The van der Waals surface area contributed by atoms with Gasteiger partial charge in [-0.1, -0.05) is 12.1 Å². The molecule has 2 aromatic rings. The third-order valence-corrected chi connectivity index (χ3v) is 3.86. The Bertz CT molecular complexity index is 731. The Balaban J connectivity index is 1.84. The molecule has 0 aromatic heterocycles.